The molecule has 1 atom stereocenters. The Morgan fingerprint density at radius 2 is 2.05 bits per heavy atom. The number of hydrogen-bond acceptors (Lipinski definition) is 6. The van der Waals surface area contributed by atoms with E-state index >= 15 is 0 Å². The zero-order valence-corrected chi connectivity index (χ0v) is 12.5. The number of aliphatic hydroxyl groups is 1. The topological polar surface area (TPSA) is 49.2 Å². The Hall–Kier alpha value is -1.25. The van der Waals surface area contributed by atoms with E-state index in [1.807, 2.05) is 19.0 Å². The summed E-state index contributed by atoms with van der Waals surface area (Å²) < 4.78 is 26.6. The van der Waals surface area contributed by atoms with Gasteiger partial charge in [0, 0.05) is 19.8 Å². The number of anilines is 1. The van der Waals surface area contributed by atoms with Crippen molar-refractivity contribution in [3.63, 3.8) is 0 Å². The molecule has 0 amide bonds. The molecule has 0 spiro atoms. The summed E-state index contributed by atoms with van der Waals surface area (Å²) >= 11 is 2.73. The monoisotopic (exact) mass is 317 g/mol. The average Bonchev–Trinajstić information content (AvgIpc) is 2.88. The molecular formula is C12H13F2N3OS2. The van der Waals surface area contributed by atoms with E-state index in [2.05, 4.69) is 10.2 Å². The number of halogens is 2. The smallest absolute Gasteiger partial charge is 0.208 e. The normalized spacial score (nSPS) is 12.4. The van der Waals surface area contributed by atoms with Gasteiger partial charge in [0.25, 0.3) is 0 Å². The summed E-state index contributed by atoms with van der Waals surface area (Å²) in [7, 11) is 3.73. The maximum atomic E-state index is 13.1. The fraction of sp³-hybridized carbons (Fsp3) is 0.333. The predicted molar refractivity (Wildman–Crippen MR) is 76.3 cm³/mol. The van der Waals surface area contributed by atoms with Crippen molar-refractivity contribution in [2.75, 3.05) is 24.7 Å². The van der Waals surface area contributed by atoms with Gasteiger partial charge in [-0.25, -0.2) is 8.78 Å². The third-order valence-electron chi connectivity index (χ3n) is 2.47. The molecule has 0 saturated heterocycles. The van der Waals surface area contributed by atoms with Crippen LogP contribution in [0.1, 0.15) is 11.7 Å². The van der Waals surface area contributed by atoms with Crippen LogP contribution in [0, 0.1) is 11.6 Å². The Labute approximate surface area is 123 Å². The first-order valence-corrected chi connectivity index (χ1v) is 7.54. The maximum absolute atomic E-state index is 13.1. The molecule has 0 aliphatic rings. The van der Waals surface area contributed by atoms with Crippen LogP contribution < -0.4 is 4.90 Å². The highest BCUT2D eigenvalue weighted by Crippen LogP contribution is 2.30. The number of hydrogen-bond donors (Lipinski definition) is 1. The van der Waals surface area contributed by atoms with Crippen molar-refractivity contribution >= 4 is 28.2 Å². The minimum Gasteiger partial charge on any atom is -0.388 e. The lowest BCUT2D eigenvalue weighted by Gasteiger charge is -2.09. The molecule has 4 nitrogen and oxygen atoms in total. The van der Waals surface area contributed by atoms with Gasteiger partial charge in [-0.05, 0) is 17.7 Å². The second-order valence-corrected chi connectivity index (χ2v) is 6.47. The Morgan fingerprint density at radius 1 is 1.30 bits per heavy atom. The van der Waals surface area contributed by atoms with Gasteiger partial charge < -0.3 is 10.0 Å². The van der Waals surface area contributed by atoms with Crippen molar-refractivity contribution < 1.29 is 13.9 Å². The van der Waals surface area contributed by atoms with Crippen LogP contribution in [0.4, 0.5) is 13.9 Å². The minimum absolute atomic E-state index is 0.299. The molecule has 2 rings (SSSR count). The van der Waals surface area contributed by atoms with Gasteiger partial charge in [0.05, 0.1) is 6.10 Å². The third kappa shape index (κ3) is 3.65. The summed E-state index contributed by atoms with van der Waals surface area (Å²) in [6, 6.07) is 3.38. The first-order valence-electron chi connectivity index (χ1n) is 5.74. The zero-order chi connectivity index (χ0) is 14.7. The summed E-state index contributed by atoms with van der Waals surface area (Å²) in [6.45, 7) is 0. The Kier molecular flexibility index (Phi) is 4.90. The van der Waals surface area contributed by atoms with E-state index in [9.17, 15) is 13.9 Å². The van der Waals surface area contributed by atoms with Crippen LogP contribution >= 0.6 is 23.1 Å². The summed E-state index contributed by atoms with van der Waals surface area (Å²) in [5.74, 6) is -1.58. The Bertz CT molecular complexity index is 592. The van der Waals surface area contributed by atoms with Crippen LogP contribution in [0.3, 0.4) is 0 Å². The third-order valence-corrected chi connectivity index (χ3v) is 4.77. The molecular weight excluding hydrogens is 304 g/mol. The molecule has 0 bridgehead atoms. The number of nitrogens with zero attached hydrogens (tertiary/aromatic N) is 3. The number of thioether (sulfide) groups is 1. The predicted octanol–water partition coefficient (Wildman–Crippen LogP) is 2.71. The summed E-state index contributed by atoms with van der Waals surface area (Å²) in [4.78, 5) is 1.84. The first-order chi connectivity index (χ1) is 9.47. The minimum atomic E-state index is -0.961. The van der Waals surface area contributed by atoms with Gasteiger partial charge in [-0.3, -0.25) is 0 Å². The lowest BCUT2D eigenvalue weighted by molar-refractivity contribution is 0.203. The highest BCUT2D eigenvalue weighted by Gasteiger charge is 2.13. The quantitative estimate of drug-likeness (QED) is 0.859. The summed E-state index contributed by atoms with van der Waals surface area (Å²) in [5.41, 5.74) is 0.341. The van der Waals surface area contributed by atoms with Crippen LogP contribution in [0.5, 0.6) is 0 Å². The van der Waals surface area contributed by atoms with Crippen LogP contribution in [-0.4, -0.2) is 35.2 Å². The molecule has 1 N–H and O–H groups in total. The average molecular weight is 317 g/mol. The van der Waals surface area contributed by atoms with Crippen molar-refractivity contribution in [1.82, 2.24) is 10.2 Å². The second kappa shape index (κ2) is 6.47. The van der Waals surface area contributed by atoms with E-state index in [1.54, 1.807) is 0 Å². The van der Waals surface area contributed by atoms with Crippen molar-refractivity contribution in [3.05, 3.63) is 35.4 Å². The molecule has 1 aromatic carbocycles. The largest absolute Gasteiger partial charge is 0.388 e. The fourth-order valence-corrected chi connectivity index (χ4v) is 3.16. The maximum Gasteiger partial charge on any atom is 0.208 e. The molecule has 0 unspecified atom stereocenters. The van der Waals surface area contributed by atoms with Crippen molar-refractivity contribution in [1.29, 1.82) is 0 Å². The Morgan fingerprint density at radius 3 is 2.65 bits per heavy atom. The number of rotatable bonds is 5. The molecule has 0 aliphatic carbocycles. The molecule has 2 aromatic rings. The number of aromatic nitrogens is 2. The lowest BCUT2D eigenvalue weighted by Crippen LogP contribution is -2.07. The summed E-state index contributed by atoms with van der Waals surface area (Å²) in [5, 5.41) is 18.7. The molecule has 0 saturated carbocycles. The molecule has 0 radical (unpaired) electrons. The van der Waals surface area contributed by atoms with Crippen LogP contribution in [0.15, 0.2) is 22.5 Å². The molecule has 20 heavy (non-hydrogen) atoms. The number of benzene rings is 1. The van der Waals surface area contributed by atoms with Gasteiger partial charge in [0.1, 0.15) is 0 Å². The highest BCUT2D eigenvalue weighted by atomic mass is 32.2. The standard InChI is InChI=1S/C12H13F2N3OS2/c1-17(2)11-15-16-12(20-11)19-6-10(18)7-3-4-8(13)9(14)5-7/h3-5,10,18H,6H2,1-2H3/t10-/m1/s1. The van der Waals surface area contributed by atoms with Crippen molar-refractivity contribution in [3.8, 4) is 0 Å². The molecule has 1 heterocycles. The fourth-order valence-electron chi connectivity index (χ4n) is 1.41. The molecule has 8 heteroatoms. The second-order valence-electron chi connectivity index (χ2n) is 4.25. The number of aliphatic hydroxyl groups excluding tert-OH is 1. The van der Waals surface area contributed by atoms with E-state index in [4.69, 9.17) is 0 Å². The van der Waals surface area contributed by atoms with Gasteiger partial charge in [0.2, 0.25) is 5.13 Å². The van der Waals surface area contributed by atoms with E-state index in [1.165, 1.54) is 29.2 Å². The molecule has 108 valence electrons. The zero-order valence-electron chi connectivity index (χ0n) is 10.9. The van der Waals surface area contributed by atoms with E-state index in [-0.39, 0.29) is 0 Å². The van der Waals surface area contributed by atoms with Crippen LogP contribution in [-0.2, 0) is 0 Å². The van der Waals surface area contributed by atoms with E-state index < -0.39 is 17.7 Å². The van der Waals surface area contributed by atoms with E-state index in [0.29, 0.717) is 11.3 Å². The highest BCUT2D eigenvalue weighted by molar-refractivity contribution is 8.01. The van der Waals surface area contributed by atoms with Crippen molar-refractivity contribution in [2.45, 2.75) is 10.4 Å². The molecule has 0 fully saturated rings. The van der Waals surface area contributed by atoms with Gasteiger partial charge >= 0.3 is 0 Å². The lowest BCUT2D eigenvalue weighted by atomic mass is 10.1. The van der Waals surface area contributed by atoms with Gasteiger partial charge in [-0.1, -0.05) is 29.2 Å². The SMILES string of the molecule is CN(C)c1nnc(SC[C@@H](O)c2ccc(F)c(F)c2)s1. The van der Waals surface area contributed by atoms with Gasteiger partial charge in [-0.2, -0.15) is 0 Å². The Balaban J connectivity index is 1.97. The van der Waals surface area contributed by atoms with Crippen molar-refractivity contribution in [2.24, 2.45) is 0 Å². The summed E-state index contributed by atoms with van der Waals surface area (Å²) in [6.07, 6.45) is -0.887. The van der Waals surface area contributed by atoms with Gasteiger partial charge in [-0.15, -0.1) is 10.2 Å². The van der Waals surface area contributed by atoms with Crippen LogP contribution in [0.2, 0.25) is 0 Å². The molecule has 0 aliphatic heterocycles. The van der Waals surface area contributed by atoms with E-state index in [0.717, 1.165) is 21.6 Å². The van der Waals surface area contributed by atoms with Crippen LogP contribution in [0.25, 0.3) is 0 Å². The first kappa shape index (κ1) is 15.1. The van der Waals surface area contributed by atoms with Gasteiger partial charge in [0.15, 0.2) is 16.0 Å². The molecule has 1 aromatic heterocycles.